The summed E-state index contributed by atoms with van der Waals surface area (Å²) in [6.07, 6.45) is 3.85. The van der Waals surface area contributed by atoms with Gasteiger partial charge in [-0.05, 0) is 12.3 Å². The molecule has 112 valence electrons. The first-order valence-corrected chi connectivity index (χ1v) is 6.55. The molecule has 1 aromatic heterocycles. The fourth-order valence-electron chi connectivity index (χ4n) is 1.88. The van der Waals surface area contributed by atoms with Gasteiger partial charge in [0.05, 0.1) is 12.4 Å². The Bertz CT molecular complexity index is 470. The van der Waals surface area contributed by atoms with E-state index in [2.05, 4.69) is 10.3 Å². The molecule has 0 aromatic carbocycles. The average molecular weight is 282 g/mol. The van der Waals surface area contributed by atoms with Gasteiger partial charge in [-0.25, -0.2) is 9.78 Å². The second-order valence-electron chi connectivity index (χ2n) is 5.34. The predicted molar refractivity (Wildman–Crippen MR) is 73.9 cm³/mol. The van der Waals surface area contributed by atoms with Gasteiger partial charge < -0.3 is 20.7 Å². The van der Waals surface area contributed by atoms with Gasteiger partial charge in [0.15, 0.2) is 0 Å². The molecule has 1 heterocycles. The summed E-state index contributed by atoms with van der Waals surface area (Å²) in [5.74, 6) is -1.25. The molecule has 0 fully saturated rings. The fraction of sp³-hybridized carbons (Fsp3) is 0.615. The molecule has 0 aliphatic carbocycles. The average Bonchev–Trinajstić information content (AvgIpc) is 2.73. The molecule has 7 heteroatoms. The van der Waals surface area contributed by atoms with E-state index in [1.807, 2.05) is 13.8 Å². The molecule has 20 heavy (non-hydrogen) atoms. The molecule has 0 spiro atoms. The summed E-state index contributed by atoms with van der Waals surface area (Å²) in [5.41, 5.74) is 6.48. The second-order valence-corrected chi connectivity index (χ2v) is 5.34. The second kappa shape index (κ2) is 7.04. The Kier molecular flexibility index (Phi) is 5.69. The van der Waals surface area contributed by atoms with Crippen molar-refractivity contribution < 1.29 is 14.7 Å². The molecule has 0 bridgehead atoms. The lowest BCUT2D eigenvalue weighted by molar-refractivity contribution is -0.142. The number of hydrogen-bond acceptors (Lipinski definition) is 4. The molecular formula is C13H22N4O3. The van der Waals surface area contributed by atoms with Crippen molar-refractivity contribution in [2.45, 2.75) is 38.8 Å². The number of nitrogens with one attached hydrogen (secondary N) is 1. The third-order valence-electron chi connectivity index (χ3n) is 3.01. The molecule has 0 saturated carbocycles. The quantitative estimate of drug-likeness (QED) is 0.647. The van der Waals surface area contributed by atoms with Crippen molar-refractivity contribution in [3.63, 3.8) is 0 Å². The van der Waals surface area contributed by atoms with Crippen molar-refractivity contribution in [2.24, 2.45) is 18.7 Å². The van der Waals surface area contributed by atoms with Crippen LogP contribution < -0.4 is 11.1 Å². The molecule has 0 radical (unpaired) electrons. The topological polar surface area (TPSA) is 110 Å². The van der Waals surface area contributed by atoms with E-state index in [1.54, 1.807) is 24.1 Å². The lowest BCUT2D eigenvalue weighted by Crippen LogP contribution is -2.49. The Morgan fingerprint density at radius 2 is 2.15 bits per heavy atom. The number of imidazole rings is 1. The van der Waals surface area contributed by atoms with E-state index in [-0.39, 0.29) is 12.3 Å². The first kappa shape index (κ1) is 16.2. The SMILES string of the molecule is CC(C)C[C@H](N)C(=O)N[C@@H](Cc1cncn1C)C(=O)O. The van der Waals surface area contributed by atoms with E-state index in [9.17, 15) is 14.7 Å². The van der Waals surface area contributed by atoms with Crippen molar-refractivity contribution in [3.05, 3.63) is 18.2 Å². The number of rotatable bonds is 7. The highest BCUT2D eigenvalue weighted by molar-refractivity contribution is 5.86. The van der Waals surface area contributed by atoms with Gasteiger partial charge in [0.25, 0.3) is 0 Å². The molecule has 0 aliphatic heterocycles. The van der Waals surface area contributed by atoms with E-state index in [0.717, 1.165) is 5.69 Å². The van der Waals surface area contributed by atoms with Crippen LogP contribution in [-0.4, -0.2) is 38.6 Å². The number of carboxylic acid groups (broad SMARTS) is 1. The van der Waals surface area contributed by atoms with Crippen LogP contribution in [0.4, 0.5) is 0 Å². The smallest absolute Gasteiger partial charge is 0.326 e. The minimum absolute atomic E-state index is 0.173. The summed E-state index contributed by atoms with van der Waals surface area (Å²) in [7, 11) is 1.77. The maximum Gasteiger partial charge on any atom is 0.326 e. The van der Waals surface area contributed by atoms with Gasteiger partial charge in [0.2, 0.25) is 5.91 Å². The number of aromatic nitrogens is 2. The number of nitrogens with zero attached hydrogens (tertiary/aromatic N) is 2. The molecule has 1 aromatic rings. The third kappa shape index (κ3) is 4.65. The van der Waals surface area contributed by atoms with Crippen LogP contribution in [-0.2, 0) is 23.1 Å². The molecule has 0 unspecified atom stereocenters. The van der Waals surface area contributed by atoms with Gasteiger partial charge in [0, 0.05) is 25.4 Å². The summed E-state index contributed by atoms with van der Waals surface area (Å²) < 4.78 is 1.72. The van der Waals surface area contributed by atoms with Crippen LogP contribution in [0.1, 0.15) is 26.0 Å². The number of nitrogens with two attached hydrogens (primary N) is 1. The summed E-state index contributed by atoms with van der Waals surface area (Å²) in [5, 5.41) is 11.7. The van der Waals surface area contributed by atoms with Crippen molar-refractivity contribution in [1.82, 2.24) is 14.9 Å². The van der Waals surface area contributed by atoms with Crippen molar-refractivity contribution >= 4 is 11.9 Å². The molecule has 2 atom stereocenters. The fourth-order valence-corrected chi connectivity index (χ4v) is 1.88. The number of amides is 1. The van der Waals surface area contributed by atoms with E-state index < -0.39 is 24.0 Å². The van der Waals surface area contributed by atoms with E-state index in [4.69, 9.17) is 5.73 Å². The van der Waals surface area contributed by atoms with E-state index >= 15 is 0 Å². The zero-order valence-electron chi connectivity index (χ0n) is 12.0. The number of carbonyl (C=O) groups is 2. The highest BCUT2D eigenvalue weighted by Crippen LogP contribution is 2.05. The first-order chi connectivity index (χ1) is 9.31. The Labute approximate surface area is 118 Å². The Morgan fingerprint density at radius 1 is 1.50 bits per heavy atom. The van der Waals surface area contributed by atoms with Crippen LogP contribution in [0.25, 0.3) is 0 Å². The zero-order valence-corrected chi connectivity index (χ0v) is 12.0. The number of hydrogen-bond donors (Lipinski definition) is 3. The van der Waals surface area contributed by atoms with Crippen LogP contribution in [0.15, 0.2) is 12.5 Å². The van der Waals surface area contributed by atoms with Gasteiger partial charge in [0.1, 0.15) is 6.04 Å². The van der Waals surface area contributed by atoms with Crippen LogP contribution in [0.5, 0.6) is 0 Å². The van der Waals surface area contributed by atoms with Crippen LogP contribution in [0.3, 0.4) is 0 Å². The first-order valence-electron chi connectivity index (χ1n) is 6.55. The summed E-state index contributed by atoms with van der Waals surface area (Å²) in [4.78, 5) is 27.0. The number of aryl methyl sites for hydroxylation is 1. The summed E-state index contributed by atoms with van der Waals surface area (Å²) >= 11 is 0. The van der Waals surface area contributed by atoms with Crippen molar-refractivity contribution in [1.29, 1.82) is 0 Å². The third-order valence-corrected chi connectivity index (χ3v) is 3.01. The molecular weight excluding hydrogens is 260 g/mol. The van der Waals surface area contributed by atoms with Gasteiger partial charge in [-0.2, -0.15) is 0 Å². The minimum atomic E-state index is -1.09. The Morgan fingerprint density at radius 3 is 2.60 bits per heavy atom. The molecule has 7 nitrogen and oxygen atoms in total. The molecule has 1 rings (SSSR count). The highest BCUT2D eigenvalue weighted by atomic mass is 16.4. The number of carboxylic acids is 1. The van der Waals surface area contributed by atoms with Crippen LogP contribution in [0.2, 0.25) is 0 Å². The maximum absolute atomic E-state index is 11.9. The largest absolute Gasteiger partial charge is 0.480 e. The van der Waals surface area contributed by atoms with Crippen LogP contribution >= 0.6 is 0 Å². The molecule has 0 aliphatic rings. The normalized spacial score (nSPS) is 14.1. The summed E-state index contributed by atoms with van der Waals surface area (Å²) in [6.45, 7) is 3.91. The van der Waals surface area contributed by atoms with Gasteiger partial charge >= 0.3 is 5.97 Å². The van der Waals surface area contributed by atoms with Gasteiger partial charge in [-0.3, -0.25) is 4.79 Å². The molecule has 4 N–H and O–H groups in total. The monoisotopic (exact) mass is 282 g/mol. The van der Waals surface area contributed by atoms with Gasteiger partial charge in [-0.15, -0.1) is 0 Å². The predicted octanol–water partition coefficient (Wildman–Crippen LogP) is -0.0946. The molecule has 0 saturated heterocycles. The lowest BCUT2D eigenvalue weighted by Gasteiger charge is -2.19. The summed E-state index contributed by atoms with van der Waals surface area (Å²) in [6, 6.07) is -1.69. The van der Waals surface area contributed by atoms with E-state index in [0.29, 0.717) is 6.42 Å². The molecule has 1 amide bonds. The van der Waals surface area contributed by atoms with Crippen LogP contribution in [0, 0.1) is 5.92 Å². The Balaban J connectivity index is 2.66. The highest BCUT2D eigenvalue weighted by Gasteiger charge is 2.24. The van der Waals surface area contributed by atoms with Crippen molar-refractivity contribution in [2.75, 3.05) is 0 Å². The number of carbonyl (C=O) groups excluding carboxylic acids is 1. The standard InChI is InChI=1S/C13H22N4O3/c1-8(2)4-10(14)12(18)16-11(13(19)20)5-9-6-15-7-17(9)3/h6-8,10-11H,4-5,14H2,1-3H3,(H,16,18)(H,19,20)/t10-,11-/m0/s1. The maximum atomic E-state index is 11.9. The number of aliphatic carboxylic acids is 1. The van der Waals surface area contributed by atoms with Crippen molar-refractivity contribution in [3.8, 4) is 0 Å². The minimum Gasteiger partial charge on any atom is -0.480 e. The zero-order chi connectivity index (χ0) is 15.3. The lowest BCUT2D eigenvalue weighted by atomic mass is 10.0. The van der Waals surface area contributed by atoms with E-state index in [1.165, 1.54) is 0 Å². The Hall–Kier alpha value is -1.89. The van der Waals surface area contributed by atoms with Gasteiger partial charge in [-0.1, -0.05) is 13.8 Å².